The Hall–Kier alpha value is -2.87. The van der Waals surface area contributed by atoms with Gasteiger partial charge in [0.15, 0.2) is 0 Å². The Kier molecular flexibility index (Phi) is 3.28. The van der Waals surface area contributed by atoms with Crippen molar-refractivity contribution in [1.29, 1.82) is 5.26 Å². The largest absolute Gasteiger partial charge is 0.497 e. The Morgan fingerprint density at radius 3 is 2.67 bits per heavy atom. The van der Waals surface area contributed by atoms with Gasteiger partial charge in [-0.3, -0.25) is 4.40 Å². The number of benzene rings is 1. The Morgan fingerprint density at radius 2 is 2.00 bits per heavy atom. The van der Waals surface area contributed by atoms with Crippen LogP contribution in [0, 0.1) is 17.1 Å². The molecule has 0 spiro atoms. The summed E-state index contributed by atoms with van der Waals surface area (Å²) >= 11 is 0. The topological polar surface area (TPSA) is 50.3 Å². The van der Waals surface area contributed by atoms with Gasteiger partial charge < -0.3 is 4.74 Å². The number of fused-ring (bicyclic) bond motifs is 1. The highest BCUT2D eigenvalue weighted by Gasteiger charge is 2.14. The summed E-state index contributed by atoms with van der Waals surface area (Å²) in [7, 11) is 1.60. The number of imidazole rings is 1. The van der Waals surface area contributed by atoms with E-state index in [2.05, 4.69) is 11.1 Å². The van der Waals surface area contributed by atoms with Crippen LogP contribution in [0.25, 0.3) is 16.9 Å². The monoisotopic (exact) mass is 281 g/mol. The normalized spacial score (nSPS) is 10.5. The molecule has 0 N–H and O–H groups in total. The highest BCUT2D eigenvalue weighted by molar-refractivity contribution is 5.67. The number of ether oxygens (including phenoxy) is 1. The van der Waals surface area contributed by atoms with Gasteiger partial charge in [-0.15, -0.1) is 0 Å². The van der Waals surface area contributed by atoms with E-state index in [-0.39, 0.29) is 12.2 Å². The lowest BCUT2D eigenvalue weighted by atomic mass is 10.1. The lowest BCUT2D eigenvalue weighted by Crippen LogP contribution is -1.94. The summed E-state index contributed by atoms with van der Waals surface area (Å²) in [5, 5.41) is 9.02. The van der Waals surface area contributed by atoms with Crippen molar-refractivity contribution in [2.45, 2.75) is 6.42 Å². The molecule has 0 saturated carbocycles. The maximum absolute atomic E-state index is 13.4. The van der Waals surface area contributed by atoms with Crippen LogP contribution in [0.1, 0.15) is 5.69 Å². The van der Waals surface area contributed by atoms with E-state index in [4.69, 9.17) is 10.00 Å². The third-order valence-electron chi connectivity index (χ3n) is 3.29. The van der Waals surface area contributed by atoms with E-state index in [1.165, 1.54) is 12.3 Å². The van der Waals surface area contributed by atoms with Gasteiger partial charge in [-0.2, -0.15) is 5.26 Å². The average Bonchev–Trinajstić information content (AvgIpc) is 2.86. The number of aromatic nitrogens is 2. The fraction of sp³-hybridized carbons (Fsp3) is 0.125. The third kappa shape index (κ3) is 2.32. The van der Waals surface area contributed by atoms with Crippen LogP contribution in [0.3, 0.4) is 0 Å². The van der Waals surface area contributed by atoms with Gasteiger partial charge in [0.1, 0.15) is 17.2 Å². The second-order valence-corrected chi connectivity index (χ2v) is 4.55. The zero-order valence-corrected chi connectivity index (χ0v) is 11.4. The number of nitrogens with zero attached hydrogens (tertiary/aromatic N) is 3. The zero-order valence-electron chi connectivity index (χ0n) is 11.4. The standard InChI is InChI=1S/C16H12FN3O/c1-21-13-5-2-11(3-6-13)16-14(8-9-18)20-10-12(17)4-7-15(20)19-16/h2-7,10H,8H2,1H3. The minimum absolute atomic E-state index is 0.159. The molecular formula is C16H12FN3O. The van der Waals surface area contributed by atoms with Crippen molar-refractivity contribution < 1.29 is 9.13 Å². The molecule has 0 amide bonds. The van der Waals surface area contributed by atoms with Gasteiger partial charge in [0.2, 0.25) is 0 Å². The van der Waals surface area contributed by atoms with Crippen molar-refractivity contribution in [2.75, 3.05) is 7.11 Å². The van der Waals surface area contributed by atoms with Crippen molar-refractivity contribution in [3.63, 3.8) is 0 Å². The molecule has 2 heterocycles. The Morgan fingerprint density at radius 1 is 1.24 bits per heavy atom. The van der Waals surface area contributed by atoms with Crippen molar-refractivity contribution in [3.8, 4) is 23.1 Å². The summed E-state index contributed by atoms with van der Waals surface area (Å²) in [4.78, 5) is 4.50. The van der Waals surface area contributed by atoms with Gasteiger partial charge in [0.05, 0.1) is 31.0 Å². The maximum Gasteiger partial charge on any atom is 0.139 e. The molecule has 104 valence electrons. The van der Waals surface area contributed by atoms with E-state index < -0.39 is 0 Å². The average molecular weight is 281 g/mol. The van der Waals surface area contributed by atoms with Crippen LogP contribution in [0.4, 0.5) is 4.39 Å². The molecule has 0 aliphatic heterocycles. The number of pyridine rings is 1. The Labute approximate surface area is 121 Å². The van der Waals surface area contributed by atoms with Gasteiger partial charge >= 0.3 is 0 Å². The van der Waals surface area contributed by atoms with E-state index in [0.717, 1.165) is 11.3 Å². The quantitative estimate of drug-likeness (QED) is 0.740. The Balaban J connectivity index is 2.20. The molecule has 2 aromatic heterocycles. The molecule has 21 heavy (non-hydrogen) atoms. The van der Waals surface area contributed by atoms with E-state index in [0.29, 0.717) is 17.0 Å². The highest BCUT2D eigenvalue weighted by Crippen LogP contribution is 2.26. The van der Waals surface area contributed by atoms with Crippen LogP contribution < -0.4 is 4.74 Å². The predicted molar refractivity (Wildman–Crippen MR) is 76.5 cm³/mol. The first-order valence-electron chi connectivity index (χ1n) is 6.41. The lowest BCUT2D eigenvalue weighted by Gasteiger charge is -2.03. The number of hydrogen-bond donors (Lipinski definition) is 0. The van der Waals surface area contributed by atoms with Crippen LogP contribution in [0.15, 0.2) is 42.6 Å². The van der Waals surface area contributed by atoms with E-state index >= 15 is 0 Å². The fourth-order valence-electron chi connectivity index (χ4n) is 2.29. The van der Waals surface area contributed by atoms with Crippen LogP contribution in [0.2, 0.25) is 0 Å². The molecule has 0 radical (unpaired) electrons. The summed E-state index contributed by atoms with van der Waals surface area (Å²) < 4.78 is 20.2. The van der Waals surface area contributed by atoms with E-state index in [1.807, 2.05) is 24.3 Å². The lowest BCUT2D eigenvalue weighted by molar-refractivity contribution is 0.415. The van der Waals surface area contributed by atoms with Gasteiger partial charge in [-0.25, -0.2) is 9.37 Å². The molecule has 0 aliphatic carbocycles. The highest BCUT2D eigenvalue weighted by atomic mass is 19.1. The molecule has 3 rings (SSSR count). The molecule has 4 nitrogen and oxygen atoms in total. The first kappa shape index (κ1) is 13.1. The maximum atomic E-state index is 13.4. The van der Waals surface area contributed by atoms with Gasteiger partial charge in [0.25, 0.3) is 0 Å². The minimum atomic E-state index is -0.361. The molecule has 0 saturated heterocycles. The van der Waals surface area contributed by atoms with Crippen LogP contribution in [-0.2, 0) is 6.42 Å². The molecule has 0 fully saturated rings. The Bertz CT molecular complexity index is 831. The van der Waals surface area contributed by atoms with E-state index in [1.54, 1.807) is 17.6 Å². The summed E-state index contributed by atoms with van der Waals surface area (Å²) in [6.45, 7) is 0. The molecule has 0 unspecified atom stereocenters. The number of methoxy groups -OCH3 is 1. The number of halogens is 1. The molecule has 1 aromatic carbocycles. The molecular weight excluding hydrogens is 269 g/mol. The summed E-state index contributed by atoms with van der Waals surface area (Å²) in [6, 6.07) is 12.5. The first-order valence-corrected chi connectivity index (χ1v) is 6.41. The molecule has 5 heteroatoms. The number of rotatable bonds is 3. The summed E-state index contributed by atoms with van der Waals surface area (Å²) in [5.41, 5.74) is 2.85. The summed E-state index contributed by atoms with van der Waals surface area (Å²) in [5.74, 6) is 0.385. The van der Waals surface area contributed by atoms with E-state index in [9.17, 15) is 4.39 Å². The second-order valence-electron chi connectivity index (χ2n) is 4.55. The molecule has 0 aliphatic rings. The molecule has 0 atom stereocenters. The smallest absolute Gasteiger partial charge is 0.139 e. The van der Waals surface area contributed by atoms with Crippen LogP contribution >= 0.6 is 0 Å². The van der Waals surface area contributed by atoms with Gasteiger partial charge in [0, 0.05) is 11.8 Å². The van der Waals surface area contributed by atoms with Gasteiger partial charge in [-0.1, -0.05) is 0 Å². The minimum Gasteiger partial charge on any atom is -0.497 e. The second kappa shape index (κ2) is 5.25. The molecule has 0 bridgehead atoms. The van der Waals surface area contributed by atoms with Crippen molar-refractivity contribution in [3.05, 3.63) is 54.1 Å². The van der Waals surface area contributed by atoms with Crippen molar-refractivity contribution in [1.82, 2.24) is 9.38 Å². The first-order chi connectivity index (χ1) is 10.2. The third-order valence-corrected chi connectivity index (χ3v) is 3.29. The summed E-state index contributed by atoms with van der Waals surface area (Å²) in [6.07, 6.45) is 1.51. The van der Waals surface area contributed by atoms with Crippen molar-refractivity contribution in [2.24, 2.45) is 0 Å². The molecule has 3 aromatic rings. The SMILES string of the molecule is COc1ccc(-c2nc3ccc(F)cn3c2CC#N)cc1. The fourth-order valence-corrected chi connectivity index (χ4v) is 2.29. The predicted octanol–water partition coefficient (Wildman–Crippen LogP) is 3.22. The van der Waals surface area contributed by atoms with Crippen LogP contribution in [-0.4, -0.2) is 16.5 Å². The van der Waals surface area contributed by atoms with Gasteiger partial charge in [-0.05, 0) is 36.4 Å². The number of hydrogen-bond acceptors (Lipinski definition) is 3. The zero-order chi connectivity index (χ0) is 14.8. The van der Waals surface area contributed by atoms with Crippen molar-refractivity contribution >= 4 is 5.65 Å². The number of nitriles is 1. The van der Waals surface area contributed by atoms with Crippen LogP contribution in [0.5, 0.6) is 5.75 Å².